The van der Waals surface area contributed by atoms with E-state index in [-0.39, 0.29) is 24.8 Å². The van der Waals surface area contributed by atoms with Gasteiger partial charge in [0.05, 0.1) is 11.9 Å². The zero-order chi connectivity index (χ0) is 16.9. The molecule has 1 unspecified atom stereocenters. The molecule has 0 aliphatic heterocycles. The molecule has 2 rings (SSSR count). The van der Waals surface area contributed by atoms with Gasteiger partial charge >= 0.3 is 0 Å². The summed E-state index contributed by atoms with van der Waals surface area (Å²) >= 11 is 0. The normalized spacial score (nSPS) is 13.2. The third kappa shape index (κ3) is 5.74. The van der Waals surface area contributed by atoms with Crippen molar-refractivity contribution in [2.75, 3.05) is 13.2 Å². The van der Waals surface area contributed by atoms with Crippen LogP contribution in [-0.2, 0) is 29.2 Å². The predicted octanol–water partition coefficient (Wildman–Crippen LogP) is 0.830. The summed E-state index contributed by atoms with van der Waals surface area (Å²) in [5.41, 5.74) is 1.31. The van der Waals surface area contributed by atoms with Crippen LogP contribution in [0.2, 0.25) is 0 Å². The quantitative estimate of drug-likeness (QED) is 0.745. The number of benzene rings is 1. The van der Waals surface area contributed by atoms with E-state index in [1.54, 1.807) is 24.0 Å². The van der Waals surface area contributed by atoms with Crippen molar-refractivity contribution >= 4 is 10.0 Å². The van der Waals surface area contributed by atoms with Crippen molar-refractivity contribution in [3.8, 4) is 0 Å². The molecule has 1 heterocycles. The Balaban J connectivity index is 1.91. The summed E-state index contributed by atoms with van der Waals surface area (Å²) < 4.78 is 41.3. The second-order valence-corrected chi connectivity index (χ2v) is 7.32. The van der Waals surface area contributed by atoms with E-state index < -0.39 is 15.8 Å². The van der Waals surface area contributed by atoms with Crippen LogP contribution in [0.15, 0.2) is 36.7 Å². The SMILES string of the molecule is Cn1cc(CC(CO)CNS(=O)(=O)Cc2cccc(F)c2)cn1. The number of rotatable bonds is 8. The molecule has 0 bridgehead atoms. The summed E-state index contributed by atoms with van der Waals surface area (Å²) in [7, 11) is -1.80. The highest BCUT2D eigenvalue weighted by Crippen LogP contribution is 2.10. The maximum absolute atomic E-state index is 13.1. The summed E-state index contributed by atoms with van der Waals surface area (Å²) in [5.74, 6) is -1.01. The molecule has 8 heteroatoms. The van der Waals surface area contributed by atoms with Crippen LogP contribution in [0, 0.1) is 11.7 Å². The number of aliphatic hydroxyl groups excluding tert-OH is 1. The van der Waals surface area contributed by atoms with Crippen LogP contribution in [-0.4, -0.2) is 36.5 Å². The van der Waals surface area contributed by atoms with E-state index in [4.69, 9.17) is 0 Å². The van der Waals surface area contributed by atoms with Gasteiger partial charge in [0, 0.05) is 26.4 Å². The molecule has 0 aliphatic carbocycles. The Morgan fingerprint density at radius 2 is 2.17 bits per heavy atom. The minimum atomic E-state index is -3.59. The average Bonchev–Trinajstić information content (AvgIpc) is 2.88. The lowest BCUT2D eigenvalue weighted by Crippen LogP contribution is -2.32. The number of halogens is 1. The molecule has 2 N–H and O–H groups in total. The molecule has 126 valence electrons. The van der Waals surface area contributed by atoms with Crippen molar-refractivity contribution in [2.45, 2.75) is 12.2 Å². The lowest BCUT2D eigenvalue weighted by Gasteiger charge is -2.14. The van der Waals surface area contributed by atoms with Crippen molar-refractivity contribution < 1.29 is 17.9 Å². The van der Waals surface area contributed by atoms with Crippen LogP contribution in [0.1, 0.15) is 11.1 Å². The summed E-state index contributed by atoms with van der Waals surface area (Å²) in [6.07, 6.45) is 4.03. The van der Waals surface area contributed by atoms with Gasteiger partial charge in [-0.05, 0) is 35.6 Å². The second-order valence-electron chi connectivity index (χ2n) is 5.51. The summed E-state index contributed by atoms with van der Waals surface area (Å²) in [6.45, 7) is -0.0274. The van der Waals surface area contributed by atoms with Crippen LogP contribution >= 0.6 is 0 Å². The Labute approximate surface area is 135 Å². The summed E-state index contributed by atoms with van der Waals surface area (Å²) in [6, 6.07) is 5.48. The minimum absolute atomic E-state index is 0.114. The van der Waals surface area contributed by atoms with Crippen molar-refractivity contribution in [3.63, 3.8) is 0 Å². The molecular weight excluding hydrogens is 321 g/mol. The molecule has 0 aliphatic rings. The van der Waals surface area contributed by atoms with Gasteiger partial charge in [0.2, 0.25) is 10.0 Å². The lowest BCUT2D eigenvalue weighted by atomic mass is 10.0. The first kappa shape index (κ1) is 17.6. The molecule has 2 aromatic rings. The zero-order valence-electron chi connectivity index (χ0n) is 12.8. The van der Waals surface area contributed by atoms with Gasteiger partial charge in [0.1, 0.15) is 5.82 Å². The molecule has 0 amide bonds. The van der Waals surface area contributed by atoms with Gasteiger partial charge in [-0.3, -0.25) is 4.68 Å². The van der Waals surface area contributed by atoms with Crippen molar-refractivity contribution in [3.05, 3.63) is 53.6 Å². The fourth-order valence-electron chi connectivity index (χ4n) is 2.25. The van der Waals surface area contributed by atoms with Gasteiger partial charge in [-0.15, -0.1) is 0 Å². The van der Waals surface area contributed by atoms with E-state index >= 15 is 0 Å². The molecule has 0 fully saturated rings. The second kappa shape index (κ2) is 7.67. The first-order valence-corrected chi connectivity index (χ1v) is 8.83. The number of aryl methyl sites for hydroxylation is 1. The molecule has 0 saturated carbocycles. The molecular formula is C15H20FN3O3S. The maximum atomic E-state index is 13.1. The Bertz CT molecular complexity index is 746. The standard InChI is InChI=1S/C15H20FN3O3S/c1-19-9-13(7-17-19)5-14(10-20)8-18-23(21,22)11-12-3-2-4-15(16)6-12/h2-4,6-7,9,14,18,20H,5,8,10-11H2,1H3. The van der Waals surface area contributed by atoms with E-state index in [9.17, 15) is 17.9 Å². The van der Waals surface area contributed by atoms with E-state index in [0.29, 0.717) is 12.0 Å². The fourth-order valence-corrected chi connectivity index (χ4v) is 3.46. The Morgan fingerprint density at radius 1 is 1.39 bits per heavy atom. The Kier molecular flexibility index (Phi) is 5.86. The first-order chi connectivity index (χ1) is 10.9. The van der Waals surface area contributed by atoms with Crippen LogP contribution in [0.3, 0.4) is 0 Å². The Morgan fingerprint density at radius 3 is 2.78 bits per heavy atom. The Hall–Kier alpha value is -1.77. The molecule has 1 aromatic heterocycles. The van der Waals surface area contributed by atoms with E-state index in [0.717, 1.165) is 5.56 Å². The van der Waals surface area contributed by atoms with Gasteiger partial charge < -0.3 is 5.11 Å². The highest BCUT2D eigenvalue weighted by atomic mass is 32.2. The van der Waals surface area contributed by atoms with Gasteiger partial charge in [-0.1, -0.05) is 12.1 Å². The summed E-state index contributed by atoms with van der Waals surface area (Å²) in [5, 5.41) is 13.4. The molecule has 23 heavy (non-hydrogen) atoms. The van der Waals surface area contributed by atoms with E-state index in [1.807, 2.05) is 6.20 Å². The minimum Gasteiger partial charge on any atom is -0.396 e. The van der Waals surface area contributed by atoms with Crippen molar-refractivity contribution in [1.82, 2.24) is 14.5 Å². The van der Waals surface area contributed by atoms with E-state index in [1.165, 1.54) is 18.2 Å². The highest BCUT2D eigenvalue weighted by Gasteiger charge is 2.16. The number of hydrogen-bond acceptors (Lipinski definition) is 4. The number of aliphatic hydroxyl groups is 1. The average molecular weight is 341 g/mol. The third-order valence-corrected chi connectivity index (χ3v) is 4.70. The fraction of sp³-hybridized carbons (Fsp3) is 0.400. The monoisotopic (exact) mass is 341 g/mol. The van der Waals surface area contributed by atoms with Crippen LogP contribution in [0.5, 0.6) is 0 Å². The predicted molar refractivity (Wildman–Crippen MR) is 84.5 cm³/mol. The van der Waals surface area contributed by atoms with Crippen molar-refractivity contribution in [2.24, 2.45) is 13.0 Å². The van der Waals surface area contributed by atoms with Crippen molar-refractivity contribution in [1.29, 1.82) is 0 Å². The number of aromatic nitrogens is 2. The van der Waals surface area contributed by atoms with Gasteiger partial charge in [0.15, 0.2) is 0 Å². The van der Waals surface area contributed by atoms with Crippen LogP contribution in [0.4, 0.5) is 4.39 Å². The molecule has 1 atom stereocenters. The molecule has 1 aromatic carbocycles. The van der Waals surface area contributed by atoms with Gasteiger partial charge in [-0.2, -0.15) is 5.10 Å². The zero-order valence-corrected chi connectivity index (χ0v) is 13.6. The lowest BCUT2D eigenvalue weighted by molar-refractivity contribution is 0.227. The third-order valence-electron chi connectivity index (χ3n) is 3.38. The maximum Gasteiger partial charge on any atom is 0.215 e. The number of hydrogen-bond donors (Lipinski definition) is 2. The molecule has 0 saturated heterocycles. The largest absolute Gasteiger partial charge is 0.396 e. The first-order valence-electron chi connectivity index (χ1n) is 7.18. The smallest absolute Gasteiger partial charge is 0.215 e. The number of nitrogens with one attached hydrogen (secondary N) is 1. The highest BCUT2D eigenvalue weighted by molar-refractivity contribution is 7.88. The number of sulfonamides is 1. The van der Waals surface area contributed by atoms with Crippen LogP contribution in [0.25, 0.3) is 0 Å². The molecule has 0 spiro atoms. The van der Waals surface area contributed by atoms with E-state index in [2.05, 4.69) is 9.82 Å². The van der Waals surface area contributed by atoms with Gasteiger partial charge in [0.25, 0.3) is 0 Å². The summed E-state index contributed by atoms with van der Waals surface area (Å²) in [4.78, 5) is 0. The topological polar surface area (TPSA) is 84.2 Å². The molecule has 6 nitrogen and oxygen atoms in total. The molecule has 0 radical (unpaired) electrons. The number of nitrogens with zero attached hydrogens (tertiary/aromatic N) is 2. The van der Waals surface area contributed by atoms with Crippen LogP contribution < -0.4 is 4.72 Å². The van der Waals surface area contributed by atoms with Gasteiger partial charge in [-0.25, -0.2) is 17.5 Å².